The maximum Gasteiger partial charge on any atom is 0.337 e. The highest BCUT2D eigenvalue weighted by atomic mass is 16.5. The van der Waals surface area contributed by atoms with Crippen LogP contribution in [0, 0.1) is 0 Å². The van der Waals surface area contributed by atoms with Gasteiger partial charge in [0.2, 0.25) is 0 Å². The zero-order chi connectivity index (χ0) is 11.4. The van der Waals surface area contributed by atoms with Gasteiger partial charge in [0.1, 0.15) is 5.75 Å². The summed E-state index contributed by atoms with van der Waals surface area (Å²) in [5.41, 5.74) is 0.155. The monoisotopic (exact) mass is 210 g/mol. The first kappa shape index (κ1) is 11.2. The summed E-state index contributed by atoms with van der Waals surface area (Å²) in [7, 11) is 1.43. The van der Waals surface area contributed by atoms with Gasteiger partial charge in [-0.1, -0.05) is 6.07 Å². The van der Waals surface area contributed by atoms with Crippen molar-refractivity contribution in [3.63, 3.8) is 0 Å². The Hall–Kier alpha value is -1.88. The molecule has 0 aromatic heterocycles. The number of rotatable bonds is 4. The summed E-state index contributed by atoms with van der Waals surface area (Å²) in [6.45, 7) is 0. The van der Waals surface area contributed by atoms with Crippen molar-refractivity contribution in [3.8, 4) is 5.75 Å². The van der Waals surface area contributed by atoms with Gasteiger partial charge in [-0.3, -0.25) is 4.79 Å². The van der Waals surface area contributed by atoms with Gasteiger partial charge < -0.3 is 14.9 Å². The van der Waals surface area contributed by atoms with Crippen molar-refractivity contribution in [2.45, 2.75) is 6.10 Å². The number of carbonyl (C=O) groups is 2. The van der Waals surface area contributed by atoms with E-state index in [1.165, 1.54) is 25.3 Å². The van der Waals surface area contributed by atoms with Crippen LogP contribution in [0.5, 0.6) is 5.75 Å². The zero-order valence-electron chi connectivity index (χ0n) is 8.01. The Morgan fingerprint density at radius 2 is 2.20 bits per heavy atom. The Labute approximate surface area is 85.9 Å². The molecule has 0 saturated carbocycles. The second-order valence-electron chi connectivity index (χ2n) is 2.85. The maximum absolute atomic E-state index is 10.7. The van der Waals surface area contributed by atoms with Crippen LogP contribution in [0.1, 0.15) is 22.0 Å². The van der Waals surface area contributed by atoms with Crippen LogP contribution < -0.4 is 4.74 Å². The standard InChI is InChI=1S/C10H10O5/c1-15-7-2-3-8(6(4-7)5-11)9(12)10(13)14/h2-5,9,12H,1H3,(H,13,14). The first-order valence-corrected chi connectivity index (χ1v) is 4.14. The third kappa shape index (κ3) is 2.32. The molecule has 0 saturated heterocycles. The molecule has 0 aliphatic carbocycles. The van der Waals surface area contributed by atoms with E-state index in [1.54, 1.807) is 0 Å². The van der Waals surface area contributed by atoms with Crippen LogP contribution in [-0.4, -0.2) is 29.6 Å². The molecule has 80 valence electrons. The van der Waals surface area contributed by atoms with E-state index in [2.05, 4.69) is 0 Å². The van der Waals surface area contributed by atoms with Gasteiger partial charge in [0.25, 0.3) is 0 Å². The fourth-order valence-corrected chi connectivity index (χ4v) is 1.16. The van der Waals surface area contributed by atoms with E-state index >= 15 is 0 Å². The molecule has 1 atom stereocenters. The average molecular weight is 210 g/mol. The molecule has 1 aromatic carbocycles. The summed E-state index contributed by atoms with van der Waals surface area (Å²) >= 11 is 0. The van der Waals surface area contributed by atoms with Crippen molar-refractivity contribution >= 4 is 12.3 Å². The number of aliphatic hydroxyl groups excluding tert-OH is 1. The predicted molar refractivity (Wildman–Crippen MR) is 51.0 cm³/mol. The van der Waals surface area contributed by atoms with Crippen LogP contribution >= 0.6 is 0 Å². The van der Waals surface area contributed by atoms with Gasteiger partial charge in [-0.15, -0.1) is 0 Å². The van der Waals surface area contributed by atoms with E-state index in [1.807, 2.05) is 0 Å². The van der Waals surface area contributed by atoms with Gasteiger partial charge >= 0.3 is 5.97 Å². The molecular formula is C10H10O5. The summed E-state index contributed by atoms with van der Waals surface area (Å²) < 4.78 is 4.86. The number of hydrogen-bond donors (Lipinski definition) is 2. The number of benzene rings is 1. The topological polar surface area (TPSA) is 83.8 Å². The minimum absolute atomic E-state index is 0.0540. The Balaban J connectivity index is 3.18. The van der Waals surface area contributed by atoms with E-state index in [9.17, 15) is 14.7 Å². The number of aldehydes is 1. The Bertz CT molecular complexity index is 385. The third-order valence-corrected chi connectivity index (χ3v) is 1.95. The molecule has 0 amide bonds. The Kier molecular flexibility index (Phi) is 3.41. The highest BCUT2D eigenvalue weighted by Gasteiger charge is 2.19. The van der Waals surface area contributed by atoms with Crippen LogP contribution in [0.3, 0.4) is 0 Å². The van der Waals surface area contributed by atoms with Gasteiger partial charge in [0.15, 0.2) is 12.4 Å². The molecule has 0 radical (unpaired) electrons. The SMILES string of the molecule is COc1ccc(C(O)C(=O)O)c(C=O)c1. The fourth-order valence-electron chi connectivity index (χ4n) is 1.16. The number of methoxy groups -OCH3 is 1. The zero-order valence-corrected chi connectivity index (χ0v) is 8.01. The van der Waals surface area contributed by atoms with Crippen molar-refractivity contribution in [1.82, 2.24) is 0 Å². The largest absolute Gasteiger partial charge is 0.497 e. The number of ether oxygens (including phenoxy) is 1. The fraction of sp³-hybridized carbons (Fsp3) is 0.200. The van der Waals surface area contributed by atoms with Crippen molar-refractivity contribution < 1.29 is 24.5 Å². The number of carboxylic acids is 1. The van der Waals surface area contributed by atoms with Gasteiger partial charge in [0, 0.05) is 11.1 Å². The molecule has 5 nitrogen and oxygen atoms in total. The average Bonchev–Trinajstić information content (AvgIpc) is 2.27. The Morgan fingerprint density at radius 3 is 2.67 bits per heavy atom. The first-order valence-electron chi connectivity index (χ1n) is 4.14. The summed E-state index contributed by atoms with van der Waals surface area (Å²) in [4.78, 5) is 21.2. The molecule has 1 aromatic rings. The lowest BCUT2D eigenvalue weighted by Gasteiger charge is -2.09. The van der Waals surface area contributed by atoms with Gasteiger partial charge in [-0.05, 0) is 12.1 Å². The number of carboxylic acid groups (broad SMARTS) is 1. The molecule has 5 heteroatoms. The third-order valence-electron chi connectivity index (χ3n) is 1.95. The summed E-state index contributed by atoms with van der Waals surface area (Å²) in [5.74, 6) is -0.971. The van der Waals surface area contributed by atoms with Gasteiger partial charge in [0.05, 0.1) is 7.11 Å². The molecular weight excluding hydrogens is 200 g/mol. The van der Waals surface area contributed by atoms with Crippen LogP contribution in [0.2, 0.25) is 0 Å². The lowest BCUT2D eigenvalue weighted by molar-refractivity contribution is -0.146. The molecule has 15 heavy (non-hydrogen) atoms. The van der Waals surface area contributed by atoms with Gasteiger partial charge in [-0.2, -0.15) is 0 Å². The second-order valence-corrected chi connectivity index (χ2v) is 2.85. The number of hydrogen-bond acceptors (Lipinski definition) is 4. The van der Waals surface area contributed by atoms with Crippen molar-refractivity contribution in [3.05, 3.63) is 29.3 Å². The summed E-state index contributed by atoms with van der Waals surface area (Å²) in [6.07, 6.45) is -1.22. The lowest BCUT2D eigenvalue weighted by atomic mass is 10.0. The lowest BCUT2D eigenvalue weighted by Crippen LogP contribution is -2.12. The quantitative estimate of drug-likeness (QED) is 0.712. The molecule has 0 aliphatic heterocycles. The highest BCUT2D eigenvalue weighted by molar-refractivity contribution is 5.83. The number of aliphatic hydroxyl groups is 1. The molecule has 0 heterocycles. The van der Waals surface area contributed by atoms with E-state index in [4.69, 9.17) is 9.84 Å². The smallest absolute Gasteiger partial charge is 0.337 e. The minimum atomic E-state index is -1.70. The molecule has 1 unspecified atom stereocenters. The summed E-state index contributed by atoms with van der Waals surface area (Å²) in [5, 5.41) is 17.9. The number of aliphatic carboxylic acids is 1. The van der Waals surface area contributed by atoms with Crippen molar-refractivity contribution in [2.24, 2.45) is 0 Å². The van der Waals surface area contributed by atoms with Crippen molar-refractivity contribution in [1.29, 1.82) is 0 Å². The molecule has 0 spiro atoms. The molecule has 2 N–H and O–H groups in total. The van der Waals surface area contributed by atoms with Crippen LogP contribution in [0.15, 0.2) is 18.2 Å². The first-order chi connectivity index (χ1) is 7.10. The highest BCUT2D eigenvalue weighted by Crippen LogP contribution is 2.22. The van der Waals surface area contributed by atoms with E-state index in [-0.39, 0.29) is 11.1 Å². The minimum Gasteiger partial charge on any atom is -0.497 e. The van der Waals surface area contributed by atoms with E-state index in [0.717, 1.165) is 0 Å². The van der Waals surface area contributed by atoms with Crippen LogP contribution in [0.4, 0.5) is 0 Å². The van der Waals surface area contributed by atoms with Gasteiger partial charge in [-0.25, -0.2) is 4.79 Å². The predicted octanol–water partition coefficient (Wildman–Crippen LogP) is 0.626. The Morgan fingerprint density at radius 1 is 1.53 bits per heavy atom. The molecule has 0 fully saturated rings. The van der Waals surface area contributed by atoms with E-state index < -0.39 is 12.1 Å². The normalized spacial score (nSPS) is 11.9. The molecule has 0 aliphatic rings. The second kappa shape index (κ2) is 4.56. The van der Waals surface area contributed by atoms with E-state index in [0.29, 0.717) is 12.0 Å². The molecule has 1 rings (SSSR count). The summed E-state index contributed by atoms with van der Waals surface area (Å²) in [6, 6.07) is 4.20. The van der Waals surface area contributed by atoms with Crippen LogP contribution in [-0.2, 0) is 4.79 Å². The van der Waals surface area contributed by atoms with Crippen molar-refractivity contribution in [2.75, 3.05) is 7.11 Å². The maximum atomic E-state index is 10.7. The number of carbonyl (C=O) groups excluding carboxylic acids is 1. The van der Waals surface area contributed by atoms with Crippen LogP contribution in [0.25, 0.3) is 0 Å². The molecule has 0 bridgehead atoms.